The third kappa shape index (κ3) is 4.13. The van der Waals surface area contributed by atoms with E-state index in [1.165, 1.54) is 38.2 Å². The number of nitrogens with zero attached hydrogens (tertiary/aromatic N) is 3. The Hall–Kier alpha value is -0.870. The predicted molar refractivity (Wildman–Crippen MR) is 70.0 cm³/mol. The Morgan fingerprint density at radius 2 is 2.12 bits per heavy atom. The van der Waals surface area contributed by atoms with Crippen LogP contribution in [-0.4, -0.2) is 47.9 Å². The Kier molecular flexibility index (Phi) is 4.57. The van der Waals surface area contributed by atoms with Crippen LogP contribution in [0.15, 0.2) is 12.3 Å². The summed E-state index contributed by atoms with van der Waals surface area (Å²) in [4.78, 5) is 2.42. The first-order chi connectivity index (χ1) is 8.24. The van der Waals surface area contributed by atoms with Crippen molar-refractivity contribution in [3.05, 3.63) is 18.0 Å². The molecular weight excluding hydrogens is 212 g/mol. The zero-order chi connectivity index (χ0) is 12.1. The lowest BCUT2D eigenvalue weighted by atomic mass is 9.97. The smallest absolute Gasteiger partial charge is 0.0637 e. The highest BCUT2D eigenvalue weighted by Gasteiger charge is 2.15. The molecular formula is C13H24N4. The largest absolute Gasteiger partial charge is 0.316 e. The quantitative estimate of drug-likeness (QED) is 0.771. The van der Waals surface area contributed by atoms with Gasteiger partial charge in [0, 0.05) is 26.2 Å². The van der Waals surface area contributed by atoms with Crippen molar-refractivity contribution < 1.29 is 0 Å². The molecule has 1 aromatic heterocycles. The SMILES string of the molecule is CN1CCC(CNCCc2ccn(C)n2)CC1. The summed E-state index contributed by atoms with van der Waals surface area (Å²) in [7, 11) is 4.18. The molecule has 0 saturated carbocycles. The Bertz CT molecular complexity index is 326. The zero-order valence-corrected chi connectivity index (χ0v) is 11.0. The Morgan fingerprint density at radius 1 is 1.35 bits per heavy atom. The minimum atomic E-state index is 0.870. The summed E-state index contributed by atoms with van der Waals surface area (Å²) in [6.45, 7) is 4.73. The van der Waals surface area contributed by atoms with Gasteiger partial charge in [-0.3, -0.25) is 4.68 Å². The fourth-order valence-corrected chi connectivity index (χ4v) is 2.39. The molecule has 4 nitrogen and oxygen atoms in total. The highest BCUT2D eigenvalue weighted by atomic mass is 15.2. The average Bonchev–Trinajstić information content (AvgIpc) is 2.73. The Balaban J connectivity index is 1.57. The summed E-state index contributed by atoms with van der Waals surface area (Å²) in [6, 6.07) is 2.09. The van der Waals surface area contributed by atoms with E-state index in [4.69, 9.17) is 0 Å². The van der Waals surface area contributed by atoms with Crippen molar-refractivity contribution in [2.45, 2.75) is 19.3 Å². The fraction of sp³-hybridized carbons (Fsp3) is 0.769. The molecule has 4 heteroatoms. The molecule has 0 aliphatic carbocycles. The lowest BCUT2D eigenvalue weighted by Gasteiger charge is -2.29. The number of likely N-dealkylation sites (tertiary alicyclic amines) is 1. The van der Waals surface area contributed by atoms with Gasteiger partial charge in [0.25, 0.3) is 0 Å². The second kappa shape index (κ2) is 6.17. The number of hydrogen-bond donors (Lipinski definition) is 1. The molecule has 1 N–H and O–H groups in total. The van der Waals surface area contributed by atoms with Crippen molar-refractivity contribution in [3.8, 4) is 0 Å². The molecule has 0 unspecified atom stereocenters. The second-order valence-corrected chi connectivity index (χ2v) is 5.18. The maximum absolute atomic E-state index is 4.37. The standard InChI is InChI=1S/C13H24N4/c1-16-8-4-12(5-9-16)11-14-7-3-13-6-10-17(2)15-13/h6,10,12,14H,3-5,7-9,11H2,1-2H3. The van der Waals surface area contributed by atoms with Crippen LogP contribution in [0.25, 0.3) is 0 Å². The molecule has 96 valence electrons. The molecule has 1 aromatic rings. The van der Waals surface area contributed by atoms with Gasteiger partial charge in [-0.25, -0.2) is 0 Å². The molecule has 0 spiro atoms. The first-order valence-corrected chi connectivity index (χ1v) is 6.62. The van der Waals surface area contributed by atoms with E-state index in [0.717, 1.165) is 18.9 Å². The summed E-state index contributed by atoms with van der Waals surface area (Å²) in [6.07, 6.45) is 5.72. The maximum Gasteiger partial charge on any atom is 0.0637 e. The summed E-state index contributed by atoms with van der Waals surface area (Å²) in [5.41, 5.74) is 1.18. The molecule has 1 aliphatic heterocycles. The van der Waals surface area contributed by atoms with Crippen LogP contribution in [0.1, 0.15) is 18.5 Å². The van der Waals surface area contributed by atoms with E-state index < -0.39 is 0 Å². The topological polar surface area (TPSA) is 33.1 Å². The van der Waals surface area contributed by atoms with Crippen molar-refractivity contribution in [1.29, 1.82) is 0 Å². The first kappa shape index (κ1) is 12.6. The van der Waals surface area contributed by atoms with E-state index in [0.29, 0.717) is 0 Å². The van der Waals surface area contributed by atoms with Gasteiger partial charge < -0.3 is 10.2 Å². The molecule has 0 radical (unpaired) electrons. The average molecular weight is 236 g/mol. The number of aryl methyl sites for hydroxylation is 1. The van der Waals surface area contributed by atoms with E-state index in [2.05, 4.69) is 28.4 Å². The summed E-state index contributed by atoms with van der Waals surface area (Å²) in [5, 5.41) is 7.93. The van der Waals surface area contributed by atoms with Crippen LogP contribution in [0.2, 0.25) is 0 Å². The van der Waals surface area contributed by atoms with E-state index in [9.17, 15) is 0 Å². The Labute approximate surface area is 104 Å². The molecule has 2 heterocycles. The van der Waals surface area contributed by atoms with Crippen LogP contribution in [0, 0.1) is 5.92 Å². The summed E-state index contributed by atoms with van der Waals surface area (Å²) < 4.78 is 1.87. The van der Waals surface area contributed by atoms with Crippen molar-refractivity contribution in [2.24, 2.45) is 13.0 Å². The van der Waals surface area contributed by atoms with Crippen molar-refractivity contribution in [1.82, 2.24) is 20.0 Å². The third-order valence-corrected chi connectivity index (χ3v) is 3.60. The van der Waals surface area contributed by atoms with Crippen LogP contribution in [0.5, 0.6) is 0 Å². The molecule has 0 atom stereocenters. The van der Waals surface area contributed by atoms with Gasteiger partial charge in [0.05, 0.1) is 5.69 Å². The summed E-state index contributed by atoms with van der Waals surface area (Å²) in [5.74, 6) is 0.870. The van der Waals surface area contributed by atoms with Gasteiger partial charge in [-0.05, 0) is 51.5 Å². The maximum atomic E-state index is 4.37. The monoisotopic (exact) mass is 236 g/mol. The highest BCUT2D eigenvalue weighted by molar-refractivity contribution is 4.98. The molecule has 1 aliphatic rings. The van der Waals surface area contributed by atoms with Crippen LogP contribution in [0.4, 0.5) is 0 Å². The van der Waals surface area contributed by atoms with Gasteiger partial charge in [0.2, 0.25) is 0 Å². The molecule has 2 rings (SSSR count). The predicted octanol–water partition coefficient (Wildman–Crippen LogP) is 0.894. The van der Waals surface area contributed by atoms with E-state index in [-0.39, 0.29) is 0 Å². The Morgan fingerprint density at radius 3 is 2.76 bits per heavy atom. The van der Waals surface area contributed by atoms with Gasteiger partial charge in [0.1, 0.15) is 0 Å². The third-order valence-electron chi connectivity index (χ3n) is 3.60. The first-order valence-electron chi connectivity index (χ1n) is 6.62. The lowest BCUT2D eigenvalue weighted by molar-refractivity contribution is 0.216. The molecule has 0 bridgehead atoms. The fourth-order valence-electron chi connectivity index (χ4n) is 2.39. The van der Waals surface area contributed by atoms with Gasteiger partial charge in [-0.1, -0.05) is 0 Å². The van der Waals surface area contributed by atoms with Gasteiger partial charge in [-0.2, -0.15) is 5.10 Å². The molecule has 17 heavy (non-hydrogen) atoms. The number of aromatic nitrogens is 2. The van der Waals surface area contributed by atoms with Crippen LogP contribution in [-0.2, 0) is 13.5 Å². The number of nitrogens with one attached hydrogen (secondary N) is 1. The van der Waals surface area contributed by atoms with Crippen LogP contribution >= 0.6 is 0 Å². The van der Waals surface area contributed by atoms with E-state index >= 15 is 0 Å². The van der Waals surface area contributed by atoms with Crippen LogP contribution < -0.4 is 5.32 Å². The van der Waals surface area contributed by atoms with Gasteiger partial charge >= 0.3 is 0 Å². The number of hydrogen-bond acceptors (Lipinski definition) is 3. The number of piperidine rings is 1. The van der Waals surface area contributed by atoms with E-state index in [1.807, 2.05) is 17.9 Å². The van der Waals surface area contributed by atoms with Crippen molar-refractivity contribution in [2.75, 3.05) is 33.2 Å². The van der Waals surface area contributed by atoms with Crippen molar-refractivity contribution in [3.63, 3.8) is 0 Å². The lowest BCUT2D eigenvalue weighted by Crippen LogP contribution is -2.35. The molecule has 1 fully saturated rings. The van der Waals surface area contributed by atoms with Crippen LogP contribution in [0.3, 0.4) is 0 Å². The second-order valence-electron chi connectivity index (χ2n) is 5.18. The molecule has 1 saturated heterocycles. The minimum absolute atomic E-state index is 0.870. The minimum Gasteiger partial charge on any atom is -0.316 e. The van der Waals surface area contributed by atoms with E-state index in [1.54, 1.807) is 0 Å². The van der Waals surface area contributed by atoms with Gasteiger partial charge in [-0.15, -0.1) is 0 Å². The highest BCUT2D eigenvalue weighted by Crippen LogP contribution is 2.14. The van der Waals surface area contributed by atoms with Gasteiger partial charge in [0.15, 0.2) is 0 Å². The summed E-state index contributed by atoms with van der Waals surface area (Å²) >= 11 is 0. The zero-order valence-electron chi connectivity index (χ0n) is 11.0. The normalized spacial score (nSPS) is 18.7. The molecule has 0 amide bonds. The molecule has 0 aromatic carbocycles. The van der Waals surface area contributed by atoms with Crippen molar-refractivity contribution >= 4 is 0 Å². The number of rotatable bonds is 5.